The van der Waals surface area contributed by atoms with Crippen molar-refractivity contribution < 1.29 is 13.2 Å². The Morgan fingerprint density at radius 3 is 2.38 bits per heavy atom. The predicted molar refractivity (Wildman–Crippen MR) is 103 cm³/mol. The fourth-order valence-electron chi connectivity index (χ4n) is 2.95. The van der Waals surface area contributed by atoms with Crippen molar-refractivity contribution in [2.75, 3.05) is 43.4 Å². The first-order chi connectivity index (χ1) is 12.6. The molecule has 2 heterocycles. The molecule has 1 fully saturated rings. The summed E-state index contributed by atoms with van der Waals surface area (Å²) in [4.78, 5) is 6.43. The standard InChI is InChI=1S/C19H25N3O3S/c1-2-17-6-8-18(9-7-17)25-15-16-26(23,24)22-13-11-21(12-14-22)19-5-3-4-10-20-19/h3-10H,2,11-16H2,1H3. The van der Waals surface area contributed by atoms with Crippen molar-refractivity contribution >= 4 is 15.8 Å². The van der Waals surface area contributed by atoms with Crippen molar-refractivity contribution in [3.05, 3.63) is 54.2 Å². The van der Waals surface area contributed by atoms with Gasteiger partial charge in [0.05, 0.1) is 5.75 Å². The van der Waals surface area contributed by atoms with Crippen LogP contribution in [-0.4, -0.2) is 56.2 Å². The van der Waals surface area contributed by atoms with Crippen LogP contribution in [0.5, 0.6) is 5.75 Å². The number of hydrogen-bond acceptors (Lipinski definition) is 5. The van der Waals surface area contributed by atoms with Gasteiger partial charge < -0.3 is 9.64 Å². The van der Waals surface area contributed by atoms with Gasteiger partial charge in [0.15, 0.2) is 0 Å². The van der Waals surface area contributed by atoms with Gasteiger partial charge in [-0.3, -0.25) is 0 Å². The molecule has 0 atom stereocenters. The van der Waals surface area contributed by atoms with Crippen molar-refractivity contribution in [1.82, 2.24) is 9.29 Å². The third-order valence-corrected chi connectivity index (χ3v) is 6.38. The lowest BCUT2D eigenvalue weighted by Gasteiger charge is -2.34. The Bertz CT molecular complexity index is 787. The molecule has 1 aromatic carbocycles. The van der Waals surface area contributed by atoms with E-state index in [2.05, 4.69) is 16.8 Å². The topological polar surface area (TPSA) is 62.7 Å². The van der Waals surface area contributed by atoms with Gasteiger partial charge in [0.1, 0.15) is 18.2 Å². The second-order valence-corrected chi connectivity index (χ2v) is 8.32. The summed E-state index contributed by atoms with van der Waals surface area (Å²) in [5.41, 5.74) is 1.23. The van der Waals surface area contributed by atoms with E-state index in [0.717, 1.165) is 12.2 Å². The monoisotopic (exact) mass is 375 g/mol. The zero-order valence-corrected chi connectivity index (χ0v) is 15.9. The van der Waals surface area contributed by atoms with Crippen LogP contribution in [0.1, 0.15) is 12.5 Å². The molecule has 0 unspecified atom stereocenters. The molecule has 6 nitrogen and oxygen atoms in total. The van der Waals surface area contributed by atoms with Crippen LogP contribution < -0.4 is 9.64 Å². The van der Waals surface area contributed by atoms with E-state index in [1.807, 2.05) is 42.5 Å². The number of pyridine rings is 1. The lowest BCUT2D eigenvalue weighted by atomic mass is 10.2. The zero-order valence-electron chi connectivity index (χ0n) is 15.0. The van der Waals surface area contributed by atoms with E-state index in [1.54, 1.807) is 10.5 Å². The molecule has 1 saturated heterocycles. The van der Waals surface area contributed by atoms with Crippen LogP contribution in [0.3, 0.4) is 0 Å². The van der Waals surface area contributed by atoms with Crippen LogP contribution in [0, 0.1) is 0 Å². The summed E-state index contributed by atoms with van der Waals surface area (Å²) < 4.78 is 32.2. The first-order valence-electron chi connectivity index (χ1n) is 8.94. The van der Waals surface area contributed by atoms with E-state index in [0.29, 0.717) is 31.9 Å². The van der Waals surface area contributed by atoms with Gasteiger partial charge in [0, 0.05) is 32.4 Å². The Hall–Kier alpha value is -2.12. The molecule has 0 aliphatic carbocycles. The number of sulfonamides is 1. The van der Waals surface area contributed by atoms with Crippen molar-refractivity contribution in [1.29, 1.82) is 0 Å². The van der Waals surface area contributed by atoms with E-state index in [4.69, 9.17) is 4.74 Å². The SMILES string of the molecule is CCc1ccc(OCCS(=O)(=O)N2CCN(c3ccccn3)CC2)cc1. The lowest BCUT2D eigenvalue weighted by Crippen LogP contribution is -2.49. The molecule has 0 spiro atoms. The number of hydrogen-bond donors (Lipinski definition) is 0. The first-order valence-corrected chi connectivity index (χ1v) is 10.5. The maximum absolute atomic E-state index is 12.5. The highest BCUT2D eigenvalue weighted by Crippen LogP contribution is 2.16. The zero-order chi connectivity index (χ0) is 18.4. The summed E-state index contributed by atoms with van der Waals surface area (Å²) >= 11 is 0. The fourth-order valence-corrected chi connectivity index (χ4v) is 4.22. The van der Waals surface area contributed by atoms with Crippen LogP contribution in [0.15, 0.2) is 48.7 Å². The molecule has 0 N–H and O–H groups in total. The van der Waals surface area contributed by atoms with Gasteiger partial charge in [-0.25, -0.2) is 13.4 Å². The highest BCUT2D eigenvalue weighted by molar-refractivity contribution is 7.89. The van der Waals surface area contributed by atoms with Crippen LogP contribution in [0.2, 0.25) is 0 Å². The summed E-state index contributed by atoms with van der Waals surface area (Å²) in [5, 5.41) is 0. The average Bonchev–Trinajstić information content (AvgIpc) is 2.69. The second-order valence-electron chi connectivity index (χ2n) is 6.24. The number of nitrogens with zero attached hydrogens (tertiary/aromatic N) is 3. The van der Waals surface area contributed by atoms with Gasteiger partial charge in [-0.2, -0.15) is 4.31 Å². The minimum atomic E-state index is -3.31. The Labute approximate surface area is 155 Å². The number of aryl methyl sites for hydroxylation is 1. The third kappa shape index (κ3) is 4.74. The summed E-state index contributed by atoms with van der Waals surface area (Å²) in [6, 6.07) is 13.5. The number of anilines is 1. The van der Waals surface area contributed by atoms with E-state index in [-0.39, 0.29) is 12.4 Å². The Kier molecular flexibility index (Phi) is 6.11. The van der Waals surface area contributed by atoms with Crippen molar-refractivity contribution in [3.63, 3.8) is 0 Å². The normalized spacial score (nSPS) is 15.8. The fraction of sp³-hybridized carbons (Fsp3) is 0.421. The Morgan fingerprint density at radius 2 is 1.77 bits per heavy atom. The largest absolute Gasteiger partial charge is 0.492 e. The van der Waals surface area contributed by atoms with Crippen LogP contribution in [0.4, 0.5) is 5.82 Å². The molecule has 2 aromatic rings. The third-order valence-electron chi connectivity index (χ3n) is 4.55. The van der Waals surface area contributed by atoms with Gasteiger partial charge in [-0.1, -0.05) is 25.1 Å². The number of piperazine rings is 1. The first kappa shape index (κ1) is 18.7. The smallest absolute Gasteiger partial charge is 0.217 e. The van der Waals surface area contributed by atoms with Crippen molar-refractivity contribution in [3.8, 4) is 5.75 Å². The Balaban J connectivity index is 1.48. The lowest BCUT2D eigenvalue weighted by molar-refractivity contribution is 0.331. The van der Waals surface area contributed by atoms with Gasteiger partial charge in [-0.15, -0.1) is 0 Å². The number of aromatic nitrogens is 1. The molecule has 1 aliphatic rings. The van der Waals surface area contributed by atoms with Gasteiger partial charge in [0.2, 0.25) is 10.0 Å². The van der Waals surface area contributed by atoms with Crippen molar-refractivity contribution in [2.45, 2.75) is 13.3 Å². The van der Waals surface area contributed by atoms with Gasteiger partial charge in [0.25, 0.3) is 0 Å². The molecular formula is C19H25N3O3S. The molecule has 1 aromatic heterocycles. The maximum Gasteiger partial charge on any atom is 0.217 e. The van der Waals surface area contributed by atoms with Gasteiger partial charge in [-0.05, 0) is 36.2 Å². The summed E-state index contributed by atoms with van der Waals surface area (Å²) in [5.74, 6) is 1.59. The van der Waals surface area contributed by atoms with E-state index in [1.165, 1.54) is 5.56 Å². The number of rotatable bonds is 7. The van der Waals surface area contributed by atoms with Crippen LogP contribution >= 0.6 is 0 Å². The summed E-state index contributed by atoms with van der Waals surface area (Å²) in [6.45, 7) is 4.50. The molecular weight excluding hydrogens is 350 g/mol. The highest BCUT2D eigenvalue weighted by atomic mass is 32.2. The molecule has 0 saturated carbocycles. The summed E-state index contributed by atoms with van der Waals surface area (Å²) in [6.07, 6.45) is 2.72. The molecule has 140 valence electrons. The van der Waals surface area contributed by atoms with E-state index < -0.39 is 10.0 Å². The molecule has 1 aliphatic heterocycles. The Morgan fingerprint density at radius 1 is 1.04 bits per heavy atom. The molecule has 0 amide bonds. The number of ether oxygens (including phenoxy) is 1. The molecule has 26 heavy (non-hydrogen) atoms. The minimum Gasteiger partial charge on any atom is -0.492 e. The molecule has 7 heteroatoms. The van der Waals surface area contributed by atoms with Crippen molar-refractivity contribution in [2.24, 2.45) is 0 Å². The predicted octanol–water partition coefficient (Wildman–Crippen LogP) is 2.17. The number of benzene rings is 1. The molecule has 0 bridgehead atoms. The van der Waals surface area contributed by atoms with E-state index >= 15 is 0 Å². The highest BCUT2D eigenvalue weighted by Gasteiger charge is 2.27. The minimum absolute atomic E-state index is 0.00782. The summed E-state index contributed by atoms with van der Waals surface area (Å²) in [7, 11) is -3.31. The molecule has 3 rings (SSSR count). The van der Waals surface area contributed by atoms with E-state index in [9.17, 15) is 8.42 Å². The second kappa shape index (κ2) is 8.51. The average molecular weight is 375 g/mol. The van der Waals surface area contributed by atoms with Gasteiger partial charge >= 0.3 is 0 Å². The van der Waals surface area contributed by atoms with Crippen LogP contribution in [-0.2, 0) is 16.4 Å². The molecule has 0 radical (unpaired) electrons. The van der Waals surface area contributed by atoms with Crippen LogP contribution in [0.25, 0.3) is 0 Å². The maximum atomic E-state index is 12.5. The quantitative estimate of drug-likeness (QED) is 0.742.